The molecule has 1 aromatic heterocycles. The van der Waals surface area contributed by atoms with E-state index in [0.717, 1.165) is 73.3 Å². The first-order chi connectivity index (χ1) is 18.1. The van der Waals surface area contributed by atoms with Crippen LogP contribution in [0, 0.1) is 0 Å². The van der Waals surface area contributed by atoms with Crippen LogP contribution in [0.5, 0.6) is 0 Å². The lowest BCUT2D eigenvalue weighted by Crippen LogP contribution is -2.44. The van der Waals surface area contributed by atoms with Gasteiger partial charge in [0.2, 0.25) is 5.91 Å². The lowest BCUT2D eigenvalue weighted by atomic mass is 9.85. The van der Waals surface area contributed by atoms with Gasteiger partial charge in [0.05, 0.1) is 11.2 Å². The molecule has 0 radical (unpaired) electrons. The number of hydrogen-bond acceptors (Lipinski definition) is 4. The van der Waals surface area contributed by atoms with Crippen LogP contribution in [0.4, 0.5) is 11.4 Å². The molecular formula is C31H35N5O. The summed E-state index contributed by atoms with van der Waals surface area (Å²) in [6, 6.07) is 21.9. The van der Waals surface area contributed by atoms with Gasteiger partial charge in [0.25, 0.3) is 0 Å². The monoisotopic (exact) mass is 493 g/mol. The summed E-state index contributed by atoms with van der Waals surface area (Å²) in [6.07, 6.45) is 3.28. The number of likely N-dealkylation sites (N-methyl/N-ethyl adjacent to an activating group) is 1. The summed E-state index contributed by atoms with van der Waals surface area (Å²) in [5.74, 6) is 0.385. The lowest BCUT2D eigenvalue weighted by Gasteiger charge is -2.34. The number of carbonyl (C=O) groups excluding carboxylic acids is 1. The van der Waals surface area contributed by atoms with Gasteiger partial charge in [-0.2, -0.15) is 5.10 Å². The zero-order valence-electron chi connectivity index (χ0n) is 21.8. The molecule has 2 aliphatic heterocycles. The van der Waals surface area contributed by atoms with E-state index in [-0.39, 0.29) is 11.8 Å². The molecule has 1 unspecified atom stereocenters. The minimum atomic E-state index is 0.0973. The molecule has 2 N–H and O–H groups in total. The molecule has 2 aliphatic rings. The number of rotatable bonds is 4. The molecule has 1 fully saturated rings. The Kier molecular flexibility index (Phi) is 6.43. The predicted octanol–water partition coefficient (Wildman–Crippen LogP) is 5.60. The maximum absolute atomic E-state index is 12.5. The molecular weight excluding hydrogens is 458 g/mol. The van der Waals surface area contributed by atoms with Crippen LogP contribution in [0.2, 0.25) is 0 Å². The summed E-state index contributed by atoms with van der Waals surface area (Å²) in [6.45, 7) is 6.51. The van der Waals surface area contributed by atoms with Gasteiger partial charge < -0.3 is 15.1 Å². The Morgan fingerprint density at radius 1 is 0.973 bits per heavy atom. The molecule has 0 bridgehead atoms. The quantitative estimate of drug-likeness (QED) is 0.388. The smallest absolute Gasteiger partial charge is 0.224 e. The van der Waals surface area contributed by atoms with Crippen molar-refractivity contribution in [2.24, 2.45) is 0 Å². The van der Waals surface area contributed by atoms with Crippen molar-refractivity contribution in [3.8, 4) is 11.3 Å². The molecule has 37 heavy (non-hydrogen) atoms. The van der Waals surface area contributed by atoms with Crippen LogP contribution in [-0.4, -0.2) is 54.2 Å². The van der Waals surface area contributed by atoms with E-state index < -0.39 is 0 Å². The third-order valence-corrected chi connectivity index (χ3v) is 8.11. The molecule has 0 aliphatic carbocycles. The molecule has 1 amide bonds. The van der Waals surface area contributed by atoms with Gasteiger partial charge in [0.1, 0.15) is 0 Å². The summed E-state index contributed by atoms with van der Waals surface area (Å²) < 4.78 is 0. The van der Waals surface area contributed by atoms with E-state index in [1.54, 1.807) is 0 Å². The van der Waals surface area contributed by atoms with Crippen LogP contribution in [0.15, 0.2) is 60.7 Å². The van der Waals surface area contributed by atoms with E-state index in [1.807, 2.05) is 0 Å². The van der Waals surface area contributed by atoms with Crippen molar-refractivity contribution in [2.75, 3.05) is 43.4 Å². The van der Waals surface area contributed by atoms with Gasteiger partial charge in [-0.15, -0.1) is 0 Å². The van der Waals surface area contributed by atoms with Gasteiger partial charge in [0.15, 0.2) is 0 Å². The topological polar surface area (TPSA) is 64.3 Å². The number of fused-ring (bicyclic) bond motifs is 2. The van der Waals surface area contributed by atoms with Crippen LogP contribution in [-0.2, 0) is 17.6 Å². The van der Waals surface area contributed by atoms with Crippen LogP contribution in [0.3, 0.4) is 0 Å². The second kappa shape index (κ2) is 10.0. The number of aromatic nitrogens is 2. The zero-order chi connectivity index (χ0) is 25.4. The van der Waals surface area contributed by atoms with E-state index in [1.165, 1.54) is 22.4 Å². The number of H-pyrrole nitrogens is 1. The second-order valence-electron chi connectivity index (χ2n) is 10.5. The first-order valence-electron chi connectivity index (χ1n) is 13.5. The van der Waals surface area contributed by atoms with Crippen LogP contribution >= 0.6 is 0 Å². The Balaban J connectivity index is 1.26. The van der Waals surface area contributed by atoms with E-state index in [2.05, 4.69) is 94.9 Å². The van der Waals surface area contributed by atoms with Crippen LogP contribution in [0.1, 0.15) is 42.4 Å². The normalized spacial score (nSPS) is 18.8. The third kappa shape index (κ3) is 4.86. The van der Waals surface area contributed by atoms with E-state index >= 15 is 0 Å². The fourth-order valence-electron chi connectivity index (χ4n) is 5.73. The van der Waals surface area contributed by atoms with Gasteiger partial charge in [-0.25, -0.2) is 0 Å². The highest BCUT2D eigenvalue weighted by molar-refractivity contribution is 5.94. The summed E-state index contributed by atoms with van der Waals surface area (Å²) in [5, 5.41) is 12.2. The summed E-state index contributed by atoms with van der Waals surface area (Å²) in [7, 11) is 2.18. The van der Waals surface area contributed by atoms with Gasteiger partial charge in [-0.1, -0.05) is 43.3 Å². The number of aryl methyl sites for hydroxylation is 1. The Morgan fingerprint density at radius 2 is 1.78 bits per heavy atom. The van der Waals surface area contributed by atoms with Gasteiger partial charge in [-0.05, 0) is 73.2 Å². The molecule has 6 rings (SSSR count). The van der Waals surface area contributed by atoms with Crippen molar-refractivity contribution in [3.63, 3.8) is 0 Å². The Bertz CT molecular complexity index is 1420. The fraction of sp³-hybridized carbons (Fsp3) is 0.355. The Morgan fingerprint density at radius 3 is 2.57 bits per heavy atom. The largest absolute Gasteiger partial charge is 0.369 e. The van der Waals surface area contributed by atoms with Crippen molar-refractivity contribution >= 4 is 28.2 Å². The number of aromatic amines is 1. The molecule has 3 aromatic carbocycles. The first-order valence-corrected chi connectivity index (χ1v) is 13.5. The molecule has 1 atom stereocenters. The standard InChI is InChI=1S/C31H35N5O/c1-3-21-4-12-28-25(18-21)19-23(8-13-30(37)32-28)24-7-11-27-29(20-24)33-34-31(27)22-5-9-26(10-6-22)36-16-14-35(2)15-17-36/h4-7,9-12,18,20,23H,3,8,13-17,19H2,1-2H3,(H,32,37)(H,33,34). The Hall–Kier alpha value is -3.64. The maximum atomic E-state index is 12.5. The van der Waals surface area contributed by atoms with Gasteiger partial charge in [0, 0.05) is 54.9 Å². The molecule has 4 aromatic rings. The number of benzene rings is 3. The average Bonchev–Trinajstić information content (AvgIpc) is 3.34. The predicted molar refractivity (Wildman–Crippen MR) is 151 cm³/mol. The average molecular weight is 494 g/mol. The number of carbonyl (C=O) groups is 1. The first kappa shape index (κ1) is 23.7. The van der Waals surface area contributed by atoms with Crippen LogP contribution < -0.4 is 10.2 Å². The van der Waals surface area contributed by atoms with E-state index in [4.69, 9.17) is 5.10 Å². The highest BCUT2D eigenvalue weighted by Gasteiger charge is 2.22. The molecule has 190 valence electrons. The van der Waals surface area contributed by atoms with E-state index in [0.29, 0.717) is 6.42 Å². The van der Waals surface area contributed by atoms with E-state index in [9.17, 15) is 4.79 Å². The van der Waals surface area contributed by atoms with Gasteiger partial charge >= 0.3 is 0 Å². The summed E-state index contributed by atoms with van der Waals surface area (Å²) >= 11 is 0. The molecule has 0 saturated carbocycles. The minimum Gasteiger partial charge on any atom is -0.369 e. The molecule has 1 saturated heterocycles. The van der Waals surface area contributed by atoms with Crippen molar-refractivity contribution in [1.29, 1.82) is 0 Å². The maximum Gasteiger partial charge on any atom is 0.224 e. The number of piperazine rings is 1. The molecule has 6 heteroatoms. The van der Waals surface area contributed by atoms with Gasteiger partial charge in [-0.3, -0.25) is 9.89 Å². The summed E-state index contributed by atoms with van der Waals surface area (Å²) in [4.78, 5) is 17.3. The number of hydrogen-bond donors (Lipinski definition) is 2. The number of nitrogens with one attached hydrogen (secondary N) is 2. The third-order valence-electron chi connectivity index (χ3n) is 8.11. The van der Waals surface area contributed by atoms with Crippen molar-refractivity contribution in [2.45, 2.75) is 38.5 Å². The molecule has 3 heterocycles. The summed E-state index contributed by atoms with van der Waals surface area (Å²) in [5.41, 5.74) is 9.18. The minimum absolute atomic E-state index is 0.0973. The number of amides is 1. The van der Waals surface area contributed by atoms with Crippen molar-refractivity contribution in [1.82, 2.24) is 15.1 Å². The number of anilines is 2. The fourth-order valence-corrected chi connectivity index (χ4v) is 5.73. The second-order valence-corrected chi connectivity index (χ2v) is 10.5. The highest BCUT2D eigenvalue weighted by Crippen LogP contribution is 2.35. The van der Waals surface area contributed by atoms with Crippen LogP contribution in [0.25, 0.3) is 22.2 Å². The highest BCUT2D eigenvalue weighted by atomic mass is 16.1. The Labute approximate surface area is 218 Å². The molecule has 6 nitrogen and oxygen atoms in total. The van der Waals surface area contributed by atoms with Crippen molar-refractivity contribution in [3.05, 3.63) is 77.4 Å². The number of nitrogens with zero attached hydrogens (tertiary/aromatic N) is 3. The molecule has 0 spiro atoms. The van der Waals surface area contributed by atoms with Crippen molar-refractivity contribution < 1.29 is 4.79 Å². The lowest BCUT2D eigenvalue weighted by molar-refractivity contribution is -0.116. The SMILES string of the molecule is CCc1ccc2c(c1)CC(c1ccc3c(-c4ccc(N5CCN(C)CC5)cc4)n[nH]c3c1)CCC(=O)N2. The zero-order valence-corrected chi connectivity index (χ0v) is 21.8.